The van der Waals surface area contributed by atoms with Gasteiger partial charge >= 0.3 is 398 Å². The maximum absolute atomic E-state index is 9.22. The zero-order chi connectivity index (χ0) is 46.3. The minimum atomic E-state index is -5.27. The van der Waals surface area contributed by atoms with Gasteiger partial charge in [-0.05, 0) is 0 Å². The molecule has 2 unspecified atom stereocenters. The molecule has 2 aliphatic carbocycles. The Morgan fingerprint density at radius 2 is 0.812 bits per heavy atom. The summed E-state index contributed by atoms with van der Waals surface area (Å²) in [5.41, 5.74) is 26.6. The van der Waals surface area contributed by atoms with Crippen LogP contribution < -0.4 is 0 Å². The van der Waals surface area contributed by atoms with Gasteiger partial charge in [-0.3, -0.25) is 0 Å². The second-order valence-electron chi connectivity index (χ2n) is 22.1. The molecule has 0 heterocycles. The molecular weight excluding hydrogens is 911 g/mol. The van der Waals surface area contributed by atoms with Crippen LogP contribution in [0.2, 0.25) is 13.1 Å². The molecule has 0 aliphatic heterocycles. The predicted molar refractivity (Wildman–Crippen MR) is 282 cm³/mol. The van der Waals surface area contributed by atoms with Crippen molar-refractivity contribution in [2.45, 2.75) is 127 Å². The summed E-state index contributed by atoms with van der Waals surface area (Å²) in [5, 5.41) is 0. The van der Waals surface area contributed by atoms with Crippen molar-refractivity contribution >= 4 is 35.1 Å². The van der Waals surface area contributed by atoms with Gasteiger partial charge in [-0.2, -0.15) is 0 Å². The van der Waals surface area contributed by atoms with Crippen molar-refractivity contribution in [1.29, 1.82) is 0 Å². The van der Waals surface area contributed by atoms with Crippen molar-refractivity contribution in [3.63, 3.8) is 0 Å². The Kier molecular flexibility index (Phi) is 12.5. The van der Waals surface area contributed by atoms with Crippen LogP contribution in [0.4, 0.5) is 0 Å². The van der Waals surface area contributed by atoms with E-state index in [1.807, 2.05) is 0 Å². The molecule has 0 N–H and O–H groups in total. The molecule has 0 saturated heterocycles. The number of fused-ring (bicyclic) bond motifs is 2. The van der Waals surface area contributed by atoms with Crippen LogP contribution in [0.3, 0.4) is 0 Å². The summed E-state index contributed by atoms with van der Waals surface area (Å²) in [4.78, 5) is 0. The zero-order valence-corrected chi connectivity index (χ0v) is 46.1. The summed E-state index contributed by atoms with van der Waals surface area (Å²) in [6.07, 6.45) is 6.75. The summed E-state index contributed by atoms with van der Waals surface area (Å²) in [7, 11) is 18.4. The monoisotopic (exact) mass is 977 g/mol. The number of hydrogen-bond donors (Lipinski definition) is 0. The minimum absolute atomic E-state index is 0.0466. The van der Waals surface area contributed by atoms with E-state index in [2.05, 4.69) is 218 Å². The van der Waals surface area contributed by atoms with Crippen molar-refractivity contribution in [3.05, 3.63) is 198 Å². The zero-order valence-electron chi connectivity index (χ0n) is 40.9. The normalized spacial score (nSPS) is 16.9. The number of allylic oxidation sites excluding steroid dienone is 2. The van der Waals surface area contributed by atoms with E-state index in [4.69, 9.17) is 0 Å². The van der Waals surface area contributed by atoms with Crippen molar-refractivity contribution in [1.82, 2.24) is 0 Å². The summed E-state index contributed by atoms with van der Waals surface area (Å²) >= 11 is -5.27. The topological polar surface area (TPSA) is 0 Å². The van der Waals surface area contributed by atoms with Crippen LogP contribution in [0.25, 0.3) is 34.4 Å². The number of hydrogen-bond acceptors (Lipinski definition) is 0. The third kappa shape index (κ3) is 8.31. The Morgan fingerprint density at radius 1 is 0.484 bits per heavy atom. The first kappa shape index (κ1) is 47.0. The Labute approximate surface area is 395 Å². The van der Waals surface area contributed by atoms with E-state index in [0.717, 1.165) is 12.8 Å². The third-order valence-electron chi connectivity index (χ3n) is 15.1. The molecule has 4 heteroatoms. The molecule has 6 aromatic carbocycles. The van der Waals surface area contributed by atoms with Gasteiger partial charge in [-0.15, -0.1) is 0 Å². The molecule has 0 saturated carbocycles. The van der Waals surface area contributed by atoms with Gasteiger partial charge in [0, 0.05) is 0 Å². The predicted octanol–water partition coefficient (Wildman–Crippen LogP) is 17.5. The van der Waals surface area contributed by atoms with Gasteiger partial charge in [0.1, 0.15) is 0 Å². The third-order valence-corrected chi connectivity index (χ3v) is 66.9. The summed E-state index contributed by atoms with van der Waals surface area (Å²) < 4.78 is -0.0933. The van der Waals surface area contributed by atoms with E-state index >= 15 is 0 Å². The molecule has 64 heavy (non-hydrogen) atoms. The number of halogens is 2. The van der Waals surface area contributed by atoms with Gasteiger partial charge < -0.3 is 0 Å². The molecule has 0 aromatic heterocycles. The van der Waals surface area contributed by atoms with Gasteiger partial charge in [0.05, 0.1) is 0 Å². The first-order valence-corrected chi connectivity index (χ1v) is 39.9. The van der Waals surface area contributed by atoms with Crippen LogP contribution in [0.1, 0.15) is 127 Å². The van der Waals surface area contributed by atoms with Crippen LogP contribution in [-0.2, 0) is 39.2 Å². The van der Waals surface area contributed by atoms with Gasteiger partial charge in [-0.1, -0.05) is 0 Å². The fourth-order valence-electron chi connectivity index (χ4n) is 11.6. The summed E-state index contributed by atoms with van der Waals surface area (Å²) in [6.45, 7) is 32.3. The molecule has 2 aliphatic rings. The Hall–Kier alpha value is -3.52. The van der Waals surface area contributed by atoms with Crippen molar-refractivity contribution in [2.75, 3.05) is 0 Å². The van der Waals surface area contributed by atoms with Gasteiger partial charge in [0.25, 0.3) is 0 Å². The number of aryl methyl sites for hydroxylation is 6. The average Bonchev–Trinajstić information content (AvgIpc) is 3.79. The summed E-state index contributed by atoms with van der Waals surface area (Å²) in [5.74, 6) is -1.87. The Bertz CT molecular complexity index is 2620. The quantitative estimate of drug-likeness (QED) is 0.127. The first-order chi connectivity index (χ1) is 30.0. The number of rotatable bonds is 9. The Morgan fingerprint density at radius 3 is 1.11 bits per heavy atom. The second-order valence-corrected chi connectivity index (χ2v) is 64.6. The molecule has 2 atom stereocenters. The molecule has 6 aromatic rings. The maximum atomic E-state index is 9.22. The van der Waals surface area contributed by atoms with Crippen LogP contribution in [0.5, 0.6) is 0 Å². The molecule has 0 radical (unpaired) electrons. The molecule has 0 nitrogen and oxygen atoms in total. The average molecular weight is 980 g/mol. The molecule has 0 spiro atoms. The van der Waals surface area contributed by atoms with E-state index in [1.165, 1.54) is 111 Å². The molecular formula is C60H69Cl2SiZr. The van der Waals surface area contributed by atoms with E-state index in [1.54, 1.807) is 0 Å². The molecule has 331 valence electrons. The van der Waals surface area contributed by atoms with Gasteiger partial charge in [-0.25, -0.2) is 0 Å². The van der Waals surface area contributed by atoms with Gasteiger partial charge in [0.15, 0.2) is 0 Å². The van der Waals surface area contributed by atoms with Crippen LogP contribution in [0, 0.1) is 41.5 Å². The van der Waals surface area contributed by atoms with Crippen molar-refractivity contribution < 1.29 is 15.6 Å². The molecule has 0 amide bonds. The Balaban J connectivity index is 1.39. The van der Waals surface area contributed by atoms with E-state index in [-0.39, 0.29) is 18.1 Å². The molecule has 8 rings (SSSR count). The fraction of sp³-hybridized carbons (Fsp3) is 0.333. The van der Waals surface area contributed by atoms with Crippen LogP contribution >= 0.6 is 17.0 Å². The fourth-order valence-corrected chi connectivity index (χ4v) is 42.9. The van der Waals surface area contributed by atoms with Crippen LogP contribution in [0.15, 0.2) is 120 Å². The SMILES string of the molecule is Cc1cc(C)c(CC2=Cc3c(-c4ccc(C(C)(C)C)cc4)cccc3[CH]2[Zr]([Cl])([Cl])([CH]2C(Cc3c(C)cc(C)cc3C)=Cc3c(-c4ccc(C(C)(C)C)cc4)cccc32)[SiH](C)C)c(C)c1. The first-order valence-electron chi connectivity index (χ1n) is 23.6. The van der Waals surface area contributed by atoms with Crippen molar-refractivity contribution in [3.8, 4) is 22.3 Å². The van der Waals surface area contributed by atoms with Crippen LogP contribution in [-0.4, -0.2) is 5.92 Å². The van der Waals surface area contributed by atoms with Gasteiger partial charge in [0.2, 0.25) is 0 Å². The second kappa shape index (κ2) is 17.0. The van der Waals surface area contributed by atoms with Crippen molar-refractivity contribution in [2.24, 2.45) is 0 Å². The molecule has 0 fully saturated rings. The van der Waals surface area contributed by atoms with E-state index < -0.39 is 21.5 Å². The standard InChI is InChI=1S/2C29H31.C2H7Si.2ClH.Zr/c2*1-19-14-20(2)27(21(3)15-19)17-22-16-24-8-7-9-26(28(24)18-22)23-10-12-25(13-11-23)29(4,5)6;1-3-2;;;/h2*7-16,18H,17H2,1-6H3;3H,1-2H3;2*1H;/q;;;;;+2/p-2. The summed E-state index contributed by atoms with van der Waals surface area (Å²) in [6, 6.07) is 41.9. The van der Waals surface area contributed by atoms with E-state index in [0.29, 0.717) is 0 Å². The molecule has 0 bridgehead atoms. The van der Waals surface area contributed by atoms with E-state index in [9.17, 15) is 17.0 Å². The number of benzene rings is 6.